The molecule has 0 radical (unpaired) electrons. The third kappa shape index (κ3) is 3.92. The molecular formula is C17H20N4O3. The summed E-state index contributed by atoms with van der Waals surface area (Å²) in [6.07, 6.45) is 1.44. The molecule has 7 heteroatoms. The molecule has 1 aliphatic heterocycles. The Morgan fingerprint density at radius 2 is 2.17 bits per heavy atom. The molecule has 1 aliphatic rings. The zero-order valence-corrected chi connectivity index (χ0v) is 13.5. The molecule has 24 heavy (non-hydrogen) atoms. The number of carbonyl (C=O) groups excluding carboxylic acids is 2. The van der Waals surface area contributed by atoms with Gasteiger partial charge in [0.25, 0.3) is 0 Å². The van der Waals surface area contributed by atoms with Gasteiger partial charge in [0.05, 0.1) is 6.04 Å². The number of hydrogen-bond donors (Lipinski definition) is 2. The SMILES string of the molecule is Cc1cc(NC(=O)N[C@@H](CN2CCCC2=O)c2ccccc2)no1. The summed E-state index contributed by atoms with van der Waals surface area (Å²) in [5.41, 5.74) is 0.948. The maximum atomic E-state index is 12.3. The summed E-state index contributed by atoms with van der Waals surface area (Å²) >= 11 is 0. The van der Waals surface area contributed by atoms with E-state index in [1.54, 1.807) is 17.9 Å². The van der Waals surface area contributed by atoms with Crippen molar-refractivity contribution in [3.8, 4) is 0 Å². The standard InChI is InChI=1S/C17H20N4O3/c1-12-10-15(20-24-12)19-17(23)18-14(13-6-3-2-4-7-13)11-21-9-5-8-16(21)22/h2-4,6-7,10,14H,5,8-9,11H2,1H3,(H2,18,19,20,23)/t14-/m0/s1. The quantitative estimate of drug-likeness (QED) is 0.882. The van der Waals surface area contributed by atoms with Crippen LogP contribution in [0.4, 0.5) is 10.6 Å². The summed E-state index contributed by atoms with van der Waals surface area (Å²) in [5, 5.41) is 9.29. The fourth-order valence-electron chi connectivity index (χ4n) is 2.77. The summed E-state index contributed by atoms with van der Waals surface area (Å²) in [7, 11) is 0. The van der Waals surface area contributed by atoms with E-state index in [9.17, 15) is 9.59 Å². The molecule has 0 saturated carbocycles. The number of anilines is 1. The number of urea groups is 1. The van der Waals surface area contributed by atoms with Crippen molar-refractivity contribution in [2.24, 2.45) is 0 Å². The van der Waals surface area contributed by atoms with Gasteiger partial charge in [0, 0.05) is 25.6 Å². The molecule has 0 spiro atoms. The molecule has 1 fully saturated rings. The zero-order chi connectivity index (χ0) is 16.9. The smallest absolute Gasteiger partial charge is 0.321 e. The monoisotopic (exact) mass is 328 g/mol. The van der Waals surface area contributed by atoms with Gasteiger partial charge in [-0.25, -0.2) is 4.79 Å². The second kappa shape index (κ2) is 7.16. The number of amides is 3. The predicted octanol–water partition coefficient (Wildman–Crippen LogP) is 2.47. The van der Waals surface area contributed by atoms with E-state index in [0.717, 1.165) is 18.5 Å². The molecule has 0 bridgehead atoms. The van der Waals surface area contributed by atoms with Crippen LogP contribution in [0.15, 0.2) is 40.9 Å². The number of rotatable bonds is 5. The lowest BCUT2D eigenvalue weighted by atomic mass is 10.1. The van der Waals surface area contributed by atoms with Crippen molar-refractivity contribution in [1.29, 1.82) is 0 Å². The molecule has 7 nitrogen and oxygen atoms in total. The first-order valence-corrected chi connectivity index (χ1v) is 7.95. The summed E-state index contributed by atoms with van der Waals surface area (Å²) < 4.78 is 4.93. The number of aromatic nitrogens is 1. The van der Waals surface area contributed by atoms with Crippen LogP contribution < -0.4 is 10.6 Å². The fourth-order valence-corrected chi connectivity index (χ4v) is 2.77. The molecule has 1 aromatic carbocycles. The van der Waals surface area contributed by atoms with Gasteiger partial charge in [-0.2, -0.15) is 0 Å². The van der Waals surface area contributed by atoms with Crippen LogP contribution in [0.5, 0.6) is 0 Å². The van der Waals surface area contributed by atoms with Gasteiger partial charge in [-0.1, -0.05) is 35.5 Å². The van der Waals surface area contributed by atoms with E-state index in [-0.39, 0.29) is 18.0 Å². The number of likely N-dealkylation sites (tertiary alicyclic amines) is 1. The van der Waals surface area contributed by atoms with Crippen LogP contribution in [0.25, 0.3) is 0 Å². The third-order valence-electron chi connectivity index (χ3n) is 3.95. The van der Waals surface area contributed by atoms with Gasteiger partial charge in [0.15, 0.2) is 5.82 Å². The van der Waals surface area contributed by atoms with Crippen LogP contribution in [0, 0.1) is 6.92 Å². The van der Waals surface area contributed by atoms with Crippen LogP contribution in [-0.2, 0) is 4.79 Å². The first-order valence-electron chi connectivity index (χ1n) is 7.95. The highest BCUT2D eigenvalue weighted by molar-refractivity contribution is 5.88. The molecule has 1 atom stereocenters. The van der Waals surface area contributed by atoms with Gasteiger partial charge in [0.2, 0.25) is 5.91 Å². The Morgan fingerprint density at radius 1 is 1.38 bits per heavy atom. The van der Waals surface area contributed by atoms with Gasteiger partial charge in [-0.3, -0.25) is 10.1 Å². The minimum absolute atomic E-state index is 0.130. The molecule has 3 amide bonds. The molecule has 2 heterocycles. The van der Waals surface area contributed by atoms with Crippen LogP contribution in [0.2, 0.25) is 0 Å². The molecular weight excluding hydrogens is 308 g/mol. The van der Waals surface area contributed by atoms with E-state index in [0.29, 0.717) is 24.5 Å². The van der Waals surface area contributed by atoms with Gasteiger partial charge < -0.3 is 14.7 Å². The van der Waals surface area contributed by atoms with Gasteiger partial charge in [-0.05, 0) is 18.9 Å². The number of hydrogen-bond acceptors (Lipinski definition) is 4. The number of aryl methyl sites for hydroxylation is 1. The Morgan fingerprint density at radius 3 is 2.79 bits per heavy atom. The molecule has 126 valence electrons. The summed E-state index contributed by atoms with van der Waals surface area (Å²) in [6, 6.07) is 10.6. The van der Waals surface area contributed by atoms with E-state index in [2.05, 4.69) is 15.8 Å². The summed E-state index contributed by atoms with van der Waals surface area (Å²) in [5.74, 6) is 1.10. The highest BCUT2D eigenvalue weighted by atomic mass is 16.5. The molecule has 2 N–H and O–H groups in total. The second-order valence-corrected chi connectivity index (χ2v) is 5.83. The number of nitrogens with one attached hydrogen (secondary N) is 2. The summed E-state index contributed by atoms with van der Waals surface area (Å²) in [6.45, 7) is 2.93. The average molecular weight is 328 g/mol. The fraction of sp³-hybridized carbons (Fsp3) is 0.353. The van der Waals surface area contributed by atoms with E-state index >= 15 is 0 Å². The molecule has 0 unspecified atom stereocenters. The van der Waals surface area contributed by atoms with Crippen LogP contribution >= 0.6 is 0 Å². The lowest BCUT2D eigenvalue weighted by Crippen LogP contribution is -2.40. The third-order valence-corrected chi connectivity index (χ3v) is 3.95. The van der Waals surface area contributed by atoms with Crippen LogP contribution in [0.1, 0.15) is 30.2 Å². The van der Waals surface area contributed by atoms with Crippen molar-refractivity contribution in [2.45, 2.75) is 25.8 Å². The largest absolute Gasteiger partial charge is 0.360 e. The highest BCUT2D eigenvalue weighted by Crippen LogP contribution is 2.19. The molecule has 3 rings (SSSR count). The van der Waals surface area contributed by atoms with Gasteiger partial charge in [-0.15, -0.1) is 0 Å². The molecule has 0 aliphatic carbocycles. The highest BCUT2D eigenvalue weighted by Gasteiger charge is 2.25. The second-order valence-electron chi connectivity index (χ2n) is 5.83. The van der Waals surface area contributed by atoms with Crippen LogP contribution in [0.3, 0.4) is 0 Å². The zero-order valence-electron chi connectivity index (χ0n) is 13.5. The first kappa shape index (κ1) is 16.0. The van der Waals surface area contributed by atoms with Gasteiger partial charge >= 0.3 is 6.03 Å². The lowest BCUT2D eigenvalue weighted by Gasteiger charge is -2.25. The van der Waals surface area contributed by atoms with Crippen molar-refractivity contribution in [1.82, 2.24) is 15.4 Å². The van der Waals surface area contributed by atoms with Crippen molar-refractivity contribution in [3.05, 3.63) is 47.7 Å². The topological polar surface area (TPSA) is 87.5 Å². The molecule has 1 saturated heterocycles. The molecule has 2 aromatic rings. The Kier molecular flexibility index (Phi) is 4.79. The lowest BCUT2D eigenvalue weighted by molar-refractivity contribution is -0.128. The summed E-state index contributed by atoms with van der Waals surface area (Å²) in [4.78, 5) is 25.9. The Hall–Kier alpha value is -2.83. The van der Waals surface area contributed by atoms with Gasteiger partial charge in [0.1, 0.15) is 5.76 Å². The maximum Gasteiger partial charge on any atom is 0.321 e. The number of benzene rings is 1. The van der Waals surface area contributed by atoms with Crippen molar-refractivity contribution in [2.75, 3.05) is 18.4 Å². The maximum absolute atomic E-state index is 12.3. The van der Waals surface area contributed by atoms with E-state index in [4.69, 9.17) is 4.52 Å². The molecule has 1 aromatic heterocycles. The predicted molar refractivity (Wildman–Crippen MR) is 88.4 cm³/mol. The Balaban J connectivity index is 1.69. The first-order chi connectivity index (χ1) is 11.6. The van der Waals surface area contributed by atoms with E-state index in [1.807, 2.05) is 30.3 Å². The van der Waals surface area contributed by atoms with Crippen molar-refractivity contribution < 1.29 is 14.1 Å². The Labute approximate surface area is 140 Å². The number of nitrogens with zero attached hydrogens (tertiary/aromatic N) is 2. The van der Waals surface area contributed by atoms with Crippen molar-refractivity contribution >= 4 is 17.8 Å². The van der Waals surface area contributed by atoms with E-state index < -0.39 is 0 Å². The van der Waals surface area contributed by atoms with Crippen LogP contribution in [-0.4, -0.2) is 35.1 Å². The van der Waals surface area contributed by atoms with E-state index in [1.165, 1.54) is 0 Å². The normalized spacial score (nSPS) is 15.4. The minimum Gasteiger partial charge on any atom is -0.360 e. The average Bonchev–Trinajstić information content (AvgIpc) is 3.16. The Bertz CT molecular complexity index is 714. The minimum atomic E-state index is -0.385. The number of carbonyl (C=O) groups is 2. The van der Waals surface area contributed by atoms with Crippen molar-refractivity contribution in [3.63, 3.8) is 0 Å².